The standard InChI is InChI=1S/C38H27N2O2.Pt/c1-21-16-22(2)33-27(17-21)20-26-14-15-39-37-30(18-23(3)34(33)35(26)37)25-9-6-8-24(19-25)28-11-7-13-32-36(28)40-38(42-32)29-10-4-5-12-31(29)41;/h4-18,41H,20H2,1-3H3;/q-1;. The maximum atomic E-state index is 10.4. The quantitative estimate of drug-likeness (QED) is 0.184. The van der Waals surface area contributed by atoms with Crippen molar-refractivity contribution in [2.24, 2.45) is 0 Å². The number of benzene rings is 5. The molecular weight excluding hydrogens is 712 g/mol. The third-order valence-corrected chi connectivity index (χ3v) is 8.42. The van der Waals surface area contributed by atoms with Crippen molar-refractivity contribution in [3.05, 3.63) is 125 Å². The molecule has 8 rings (SSSR count). The summed E-state index contributed by atoms with van der Waals surface area (Å²) in [6, 6.07) is 32.0. The van der Waals surface area contributed by atoms with Gasteiger partial charge in [0.2, 0.25) is 5.89 Å². The van der Waals surface area contributed by atoms with E-state index in [0.29, 0.717) is 17.0 Å². The number of pyridine rings is 1. The SMILES string of the molecule is Cc1cc(C)c2c(c1)Cc1ccnc3c(-c4[c-]c(-c5cccc6oc(-c7ccccc7O)nc56)ccc4)cc(C)c-2c13.[Pt]. The molecule has 0 spiro atoms. The van der Waals surface area contributed by atoms with Crippen LogP contribution in [0.5, 0.6) is 5.75 Å². The minimum atomic E-state index is 0. The van der Waals surface area contributed by atoms with Gasteiger partial charge in [-0.15, -0.1) is 35.4 Å². The van der Waals surface area contributed by atoms with Crippen LogP contribution in [0, 0.1) is 26.8 Å². The Morgan fingerprint density at radius 1 is 0.721 bits per heavy atom. The zero-order valence-electron chi connectivity index (χ0n) is 23.9. The molecule has 0 fully saturated rings. The summed E-state index contributed by atoms with van der Waals surface area (Å²) in [5.74, 6) is 0.527. The monoisotopic (exact) mass is 738 g/mol. The van der Waals surface area contributed by atoms with Crippen LogP contribution in [0.25, 0.3) is 66.8 Å². The van der Waals surface area contributed by atoms with Crippen molar-refractivity contribution in [2.75, 3.05) is 0 Å². The maximum absolute atomic E-state index is 10.4. The van der Waals surface area contributed by atoms with Gasteiger partial charge < -0.3 is 9.52 Å². The molecule has 4 nitrogen and oxygen atoms in total. The van der Waals surface area contributed by atoms with Crippen LogP contribution in [0.4, 0.5) is 0 Å². The number of hydrogen-bond donors (Lipinski definition) is 1. The molecule has 1 aliphatic rings. The Kier molecular flexibility index (Phi) is 6.56. The normalized spacial score (nSPS) is 11.9. The van der Waals surface area contributed by atoms with Crippen LogP contribution in [-0.2, 0) is 27.5 Å². The van der Waals surface area contributed by atoms with E-state index in [-0.39, 0.29) is 26.8 Å². The Morgan fingerprint density at radius 2 is 1.47 bits per heavy atom. The molecule has 7 aromatic rings. The molecule has 0 bridgehead atoms. The fourth-order valence-electron chi connectivity index (χ4n) is 6.69. The molecule has 0 unspecified atom stereocenters. The first-order valence-corrected chi connectivity index (χ1v) is 14.2. The van der Waals surface area contributed by atoms with Gasteiger partial charge in [-0.1, -0.05) is 59.2 Å². The zero-order chi connectivity index (χ0) is 28.5. The summed E-state index contributed by atoms with van der Waals surface area (Å²) in [4.78, 5) is 9.75. The number of phenols is 1. The molecule has 5 aromatic carbocycles. The average molecular weight is 739 g/mol. The van der Waals surface area contributed by atoms with E-state index in [0.717, 1.165) is 39.7 Å². The largest absolute Gasteiger partial charge is 0.507 e. The molecule has 43 heavy (non-hydrogen) atoms. The fourth-order valence-corrected chi connectivity index (χ4v) is 6.69. The Labute approximate surface area is 264 Å². The molecule has 0 saturated heterocycles. The van der Waals surface area contributed by atoms with Crippen molar-refractivity contribution in [3.63, 3.8) is 0 Å². The van der Waals surface area contributed by atoms with E-state index in [1.165, 1.54) is 44.3 Å². The van der Waals surface area contributed by atoms with E-state index in [1.54, 1.807) is 18.2 Å². The predicted octanol–water partition coefficient (Wildman–Crippen LogP) is 9.38. The molecule has 0 atom stereocenters. The molecule has 212 valence electrons. The summed E-state index contributed by atoms with van der Waals surface area (Å²) in [6.45, 7) is 6.61. The second-order valence-electron chi connectivity index (χ2n) is 11.3. The van der Waals surface area contributed by atoms with Gasteiger partial charge >= 0.3 is 0 Å². The number of aromatic hydroxyl groups is 1. The molecule has 0 aliphatic heterocycles. The van der Waals surface area contributed by atoms with Gasteiger partial charge in [0.25, 0.3) is 0 Å². The van der Waals surface area contributed by atoms with Gasteiger partial charge in [0, 0.05) is 38.2 Å². The minimum Gasteiger partial charge on any atom is -0.507 e. The fraction of sp³-hybridized carbons (Fsp3) is 0.105. The molecule has 2 heterocycles. The van der Waals surface area contributed by atoms with Crippen LogP contribution < -0.4 is 0 Å². The van der Waals surface area contributed by atoms with Crippen molar-refractivity contribution >= 4 is 22.0 Å². The van der Waals surface area contributed by atoms with Crippen LogP contribution in [0.3, 0.4) is 0 Å². The molecule has 5 heteroatoms. The summed E-state index contributed by atoms with van der Waals surface area (Å²) in [6.07, 6.45) is 2.85. The Morgan fingerprint density at radius 3 is 2.30 bits per heavy atom. The van der Waals surface area contributed by atoms with E-state index >= 15 is 0 Å². The number of nitrogens with zero attached hydrogens (tertiary/aromatic N) is 2. The Bertz CT molecular complexity index is 2230. The maximum Gasteiger partial charge on any atom is 0.230 e. The van der Waals surface area contributed by atoms with Crippen molar-refractivity contribution in [1.82, 2.24) is 9.97 Å². The third-order valence-electron chi connectivity index (χ3n) is 8.42. The number of phenolic OH excluding ortho intramolecular Hbond substituents is 1. The average Bonchev–Trinajstić information content (AvgIpc) is 3.43. The third kappa shape index (κ3) is 4.32. The van der Waals surface area contributed by atoms with Gasteiger partial charge in [-0.3, -0.25) is 4.98 Å². The van der Waals surface area contributed by atoms with Crippen LogP contribution in [0.15, 0.2) is 95.5 Å². The van der Waals surface area contributed by atoms with Gasteiger partial charge in [-0.05, 0) is 84.8 Å². The minimum absolute atomic E-state index is 0. The van der Waals surface area contributed by atoms with E-state index in [2.05, 4.69) is 69.3 Å². The first-order chi connectivity index (χ1) is 20.5. The molecule has 2 aromatic heterocycles. The number of rotatable bonds is 3. The van der Waals surface area contributed by atoms with Crippen LogP contribution in [-0.4, -0.2) is 15.1 Å². The topological polar surface area (TPSA) is 59.2 Å². The Balaban J connectivity index is 0.00000300. The molecule has 0 amide bonds. The number of aryl methyl sites for hydroxylation is 3. The summed E-state index contributed by atoms with van der Waals surface area (Å²) >= 11 is 0. The molecule has 0 radical (unpaired) electrons. The zero-order valence-corrected chi connectivity index (χ0v) is 26.2. The molecule has 1 aliphatic carbocycles. The second kappa shape index (κ2) is 10.3. The summed E-state index contributed by atoms with van der Waals surface area (Å²) in [7, 11) is 0. The smallest absolute Gasteiger partial charge is 0.230 e. The predicted molar refractivity (Wildman–Crippen MR) is 169 cm³/mol. The van der Waals surface area contributed by atoms with E-state index < -0.39 is 0 Å². The molecular formula is C38H27N2O2Pt-. The molecule has 1 N–H and O–H groups in total. The van der Waals surface area contributed by atoms with Gasteiger partial charge in [-0.25, -0.2) is 4.98 Å². The van der Waals surface area contributed by atoms with Gasteiger partial charge in [-0.2, -0.15) is 0 Å². The Hall–Kier alpha value is -4.53. The number of hydrogen-bond acceptors (Lipinski definition) is 4. The van der Waals surface area contributed by atoms with E-state index in [9.17, 15) is 5.11 Å². The van der Waals surface area contributed by atoms with Crippen LogP contribution in [0.1, 0.15) is 27.8 Å². The van der Waals surface area contributed by atoms with Crippen LogP contribution >= 0.6 is 0 Å². The van der Waals surface area contributed by atoms with Crippen molar-refractivity contribution in [3.8, 4) is 50.6 Å². The summed E-state index contributed by atoms with van der Waals surface area (Å²) in [5, 5.41) is 11.6. The van der Waals surface area contributed by atoms with Crippen molar-refractivity contribution < 1.29 is 30.6 Å². The van der Waals surface area contributed by atoms with Crippen molar-refractivity contribution in [1.29, 1.82) is 0 Å². The summed E-state index contributed by atoms with van der Waals surface area (Å²) < 4.78 is 6.08. The van der Waals surface area contributed by atoms with Crippen LogP contribution in [0.2, 0.25) is 0 Å². The number of oxazole rings is 1. The van der Waals surface area contributed by atoms with Gasteiger partial charge in [0.15, 0.2) is 0 Å². The molecule has 0 saturated carbocycles. The summed E-state index contributed by atoms with van der Waals surface area (Å²) in [5.41, 5.74) is 16.1. The number of aromatic nitrogens is 2. The number of para-hydroxylation sites is 2. The van der Waals surface area contributed by atoms with E-state index in [4.69, 9.17) is 14.4 Å². The first kappa shape index (κ1) is 27.3. The van der Waals surface area contributed by atoms with E-state index in [1.807, 2.05) is 30.5 Å². The van der Waals surface area contributed by atoms with Gasteiger partial charge in [0.05, 0.1) is 11.1 Å². The van der Waals surface area contributed by atoms with Crippen molar-refractivity contribution in [2.45, 2.75) is 27.2 Å². The second-order valence-corrected chi connectivity index (χ2v) is 11.3. The van der Waals surface area contributed by atoms with Gasteiger partial charge in [0.1, 0.15) is 11.3 Å². The number of fused-ring (bicyclic) bond motifs is 3. The first-order valence-electron chi connectivity index (χ1n) is 14.2.